The van der Waals surface area contributed by atoms with Gasteiger partial charge in [-0.3, -0.25) is 9.36 Å². The van der Waals surface area contributed by atoms with Crippen LogP contribution < -0.4 is 5.76 Å². The van der Waals surface area contributed by atoms with Crippen LogP contribution in [0.25, 0.3) is 11.1 Å². The van der Waals surface area contributed by atoms with E-state index in [1.165, 1.54) is 5.56 Å². The topological polar surface area (TPSA) is 73.3 Å². The Bertz CT molecular complexity index is 1250. The first kappa shape index (κ1) is 20.8. The van der Waals surface area contributed by atoms with Gasteiger partial charge in [0.15, 0.2) is 5.58 Å². The Kier molecular flexibility index (Phi) is 5.94. The number of carbonyl (C=O) groups excluding carboxylic acids is 1. The molecule has 1 fully saturated rings. The van der Waals surface area contributed by atoms with Crippen molar-refractivity contribution in [1.82, 2.24) is 19.0 Å². The third kappa shape index (κ3) is 4.27. The number of piperidine rings is 1. The maximum absolute atomic E-state index is 12.8. The van der Waals surface area contributed by atoms with E-state index in [9.17, 15) is 9.59 Å². The lowest BCUT2D eigenvalue weighted by Gasteiger charge is -2.32. The molecule has 4 heterocycles. The van der Waals surface area contributed by atoms with Crippen molar-refractivity contribution < 1.29 is 9.21 Å². The molecule has 32 heavy (non-hydrogen) atoms. The minimum Gasteiger partial charge on any atom is -0.408 e. The molecular weight excluding hydrogens is 424 g/mol. The number of para-hydroxylation sites is 2. The summed E-state index contributed by atoms with van der Waals surface area (Å²) in [4.78, 5) is 31.5. The predicted octanol–water partition coefficient (Wildman–Crippen LogP) is 3.89. The van der Waals surface area contributed by atoms with Crippen LogP contribution in [0.5, 0.6) is 0 Å². The first-order chi connectivity index (χ1) is 15.7. The number of aromatic nitrogens is 3. The van der Waals surface area contributed by atoms with Gasteiger partial charge in [-0.15, -0.1) is 0 Å². The minimum atomic E-state index is -0.410. The van der Waals surface area contributed by atoms with Crippen LogP contribution in [0.4, 0.5) is 0 Å². The molecule has 5 rings (SSSR count). The normalized spacial score (nSPS) is 14.9. The maximum Gasteiger partial charge on any atom is 0.419 e. The van der Waals surface area contributed by atoms with Gasteiger partial charge < -0.3 is 13.9 Å². The average Bonchev–Trinajstić information content (AvgIpc) is 3.56. The number of likely N-dealkylation sites (tertiary alicyclic amines) is 1. The van der Waals surface area contributed by atoms with Gasteiger partial charge in [0.25, 0.3) is 0 Å². The van der Waals surface area contributed by atoms with Gasteiger partial charge in [-0.1, -0.05) is 12.1 Å². The first-order valence-corrected chi connectivity index (χ1v) is 12.0. The van der Waals surface area contributed by atoms with Crippen LogP contribution in [-0.2, 0) is 24.3 Å². The lowest BCUT2D eigenvalue weighted by atomic mass is 9.95. The summed E-state index contributed by atoms with van der Waals surface area (Å²) in [6.07, 6.45) is 7.07. The maximum atomic E-state index is 12.8. The van der Waals surface area contributed by atoms with Crippen LogP contribution in [0.2, 0.25) is 0 Å². The smallest absolute Gasteiger partial charge is 0.408 e. The summed E-state index contributed by atoms with van der Waals surface area (Å²) in [6, 6.07) is 9.48. The number of aryl methyl sites for hydroxylation is 3. The number of hydrogen-bond donors (Lipinski definition) is 0. The Morgan fingerprint density at radius 1 is 1.16 bits per heavy atom. The molecule has 1 saturated heterocycles. The second-order valence-corrected chi connectivity index (χ2v) is 9.03. The predicted molar refractivity (Wildman–Crippen MR) is 124 cm³/mol. The number of imidazole rings is 1. The summed E-state index contributed by atoms with van der Waals surface area (Å²) in [6.45, 7) is 2.71. The Morgan fingerprint density at radius 3 is 2.81 bits per heavy atom. The second kappa shape index (κ2) is 9.16. The quantitative estimate of drug-likeness (QED) is 0.428. The highest BCUT2D eigenvalue weighted by molar-refractivity contribution is 7.07. The van der Waals surface area contributed by atoms with Crippen molar-refractivity contribution in [3.8, 4) is 0 Å². The zero-order valence-electron chi connectivity index (χ0n) is 17.9. The number of hydrogen-bond acceptors (Lipinski definition) is 5. The highest BCUT2D eigenvalue weighted by Crippen LogP contribution is 2.27. The zero-order chi connectivity index (χ0) is 21.9. The fourth-order valence-corrected chi connectivity index (χ4v) is 5.24. The third-order valence-corrected chi connectivity index (χ3v) is 7.04. The monoisotopic (exact) mass is 450 g/mol. The number of rotatable bonds is 7. The van der Waals surface area contributed by atoms with Gasteiger partial charge in [0.05, 0.1) is 5.52 Å². The Hall–Kier alpha value is -3.13. The number of nitrogens with zero attached hydrogens (tertiary/aromatic N) is 4. The minimum absolute atomic E-state index is 0.0847. The van der Waals surface area contributed by atoms with Crippen LogP contribution in [-0.4, -0.2) is 38.0 Å². The number of carbonyl (C=O) groups is 1. The van der Waals surface area contributed by atoms with E-state index in [2.05, 4.69) is 32.6 Å². The summed E-state index contributed by atoms with van der Waals surface area (Å²) in [5, 5.41) is 4.31. The summed E-state index contributed by atoms with van der Waals surface area (Å²) < 4.78 is 9.07. The molecule has 166 valence electrons. The molecular formula is C24H26N4O3S. The van der Waals surface area contributed by atoms with Gasteiger partial charge in [0, 0.05) is 50.9 Å². The number of thiophene rings is 1. The molecule has 4 aromatic rings. The largest absolute Gasteiger partial charge is 0.419 e. The van der Waals surface area contributed by atoms with Crippen LogP contribution >= 0.6 is 11.3 Å². The second-order valence-electron chi connectivity index (χ2n) is 8.25. The number of benzene rings is 1. The number of amides is 1. The van der Waals surface area contributed by atoms with Gasteiger partial charge in [0.1, 0.15) is 5.82 Å². The van der Waals surface area contributed by atoms with E-state index < -0.39 is 5.76 Å². The molecule has 0 saturated carbocycles. The first-order valence-electron chi connectivity index (χ1n) is 11.1. The van der Waals surface area contributed by atoms with Gasteiger partial charge in [0.2, 0.25) is 5.91 Å². The highest BCUT2D eigenvalue weighted by atomic mass is 32.1. The summed E-state index contributed by atoms with van der Waals surface area (Å²) in [7, 11) is 0. The standard InChI is InChI=1S/C24H26N4O3S/c29-22(8-14-28-20-3-1-2-4-21(20)31-24(28)30)26-12-6-19(7-13-26)23-25-10-15-27(23)11-5-18-9-16-32-17-18/h1-4,9-10,15-17,19H,5-8,11-14H2. The molecule has 1 aliphatic rings. The van der Waals surface area contributed by atoms with Crippen LogP contribution in [0.15, 0.2) is 62.7 Å². The van der Waals surface area contributed by atoms with E-state index in [0.29, 0.717) is 24.5 Å². The van der Waals surface area contributed by atoms with E-state index >= 15 is 0 Å². The average molecular weight is 451 g/mol. The van der Waals surface area contributed by atoms with E-state index in [1.54, 1.807) is 22.0 Å². The molecule has 0 atom stereocenters. The molecule has 1 amide bonds. The van der Waals surface area contributed by atoms with Crippen molar-refractivity contribution >= 4 is 28.3 Å². The van der Waals surface area contributed by atoms with E-state index in [4.69, 9.17) is 4.42 Å². The molecule has 8 heteroatoms. The van der Waals surface area contributed by atoms with Gasteiger partial charge in [-0.2, -0.15) is 11.3 Å². The van der Waals surface area contributed by atoms with Crippen molar-refractivity contribution in [2.24, 2.45) is 0 Å². The number of oxazole rings is 1. The molecule has 3 aromatic heterocycles. The van der Waals surface area contributed by atoms with Crippen LogP contribution in [0.1, 0.15) is 36.6 Å². The molecule has 0 unspecified atom stereocenters. The molecule has 0 spiro atoms. The lowest BCUT2D eigenvalue weighted by Crippen LogP contribution is -2.39. The van der Waals surface area contributed by atoms with Crippen molar-refractivity contribution in [1.29, 1.82) is 0 Å². The Labute approximate surface area is 189 Å². The summed E-state index contributed by atoms with van der Waals surface area (Å²) in [5.74, 6) is 1.18. The van der Waals surface area contributed by atoms with E-state index in [0.717, 1.165) is 50.2 Å². The molecule has 0 bridgehead atoms. The summed E-state index contributed by atoms with van der Waals surface area (Å²) >= 11 is 1.73. The molecule has 0 N–H and O–H groups in total. The lowest BCUT2D eigenvalue weighted by molar-refractivity contribution is -0.132. The van der Waals surface area contributed by atoms with Crippen molar-refractivity contribution in [3.63, 3.8) is 0 Å². The van der Waals surface area contributed by atoms with E-state index in [-0.39, 0.29) is 5.91 Å². The number of fused-ring (bicyclic) bond motifs is 1. The zero-order valence-corrected chi connectivity index (χ0v) is 18.7. The highest BCUT2D eigenvalue weighted by Gasteiger charge is 2.26. The Morgan fingerprint density at radius 2 is 2.00 bits per heavy atom. The molecule has 0 aliphatic carbocycles. The van der Waals surface area contributed by atoms with Crippen molar-refractivity contribution in [2.75, 3.05) is 13.1 Å². The SMILES string of the molecule is O=C(CCn1c(=O)oc2ccccc21)N1CCC(c2nccn2CCc2ccsc2)CC1. The van der Waals surface area contributed by atoms with Gasteiger partial charge in [-0.05, 0) is 53.8 Å². The fraction of sp³-hybridized carbons (Fsp3) is 0.375. The van der Waals surface area contributed by atoms with Gasteiger partial charge >= 0.3 is 5.76 Å². The summed E-state index contributed by atoms with van der Waals surface area (Å²) in [5.41, 5.74) is 2.65. The molecule has 1 aliphatic heterocycles. The molecule has 7 nitrogen and oxygen atoms in total. The third-order valence-electron chi connectivity index (χ3n) is 6.30. The van der Waals surface area contributed by atoms with Crippen molar-refractivity contribution in [3.05, 3.63) is 75.4 Å². The van der Waals surface area contributed by atoms with Crippen LogP contribution in [0, 0.1) is 0 Å². The fourth-order valence-electron chi connectivity index (χ4n) is 4.53. The Balaban J connectivity index is 1.16. The van der Waals surface area contributed by atoms with Gasteiger partial charge in [-0.25, -0.2) is 9.78 Å². The molecule has 0 radical (unpaired) electrons. The van der Waals surface area contributed by atoms with Crippen LogP contribution in [0.3, 0.4) is 0 Å². The van der Waals surface area contributed by atoms with E-state index in [1.807, 2.05) is 29.3 Å². The van der Waals surface area contributed by atoms with Crippen molar-refractivity contribution in [2.45, 2.75) is 44.7 Å². The molecule has 1 aromatic carbocycles.